The predicted molar refractivity (Wildman–Crippen MR) is 220 cm³/mol. The van der Waals surface area contributed by atoms with Gasteiger partial charge in [0, 0.05) is 42.3 Å². The van der Waals surface area contributed by atoms with E-state index in [2.05, 4.69) is 146 Å². The van der Waals surface area contributed by atoms with Crippen LogP contribution in [-0.2, 0) is 5.41 Å². The summed E-state index contributed by atoms with van der Waals surface area (Å²) in [5.41, 5.74) is 13.9. The summed E-state index contributed by atoms with van der Waals surface area (Å²) in [5, 5.41) is 2.71. The Labute approximate surface area is 314 Å². The molecule has 0 unspecified atom stereocenters. The van der Waals surface area contributed by atoms with E-state index in [-0.39, 0.29) is 5.41 Å². The van der Waals surface area contributed by atoms with E-state index < -0.39 is 0 Å². The number of thiophene rings is 1. The maximum absolute atomic E-state index is 5.46. The zero-order chi connectivity index (χ0) is 34.7. The van der Waals surface area contributed by atoms with Crippen molar-refractivity contribution in [2.75, 3.05) is 0 Å². The van der Waals surface area contributed by atoms with Crippen LogP contribution in [0.15, 0.2) is 146 Å². The van der Waals surface area contributed by atoms with Crippen molar-refractivity contribution in [1.82, 2.24) is 9.97 Å². The molecular formula is C50H38N2S. The number of hydrogen-bond acceptors (Lipinski definition) is 3. The molecule has 2 aromatic heterocycles. The molecule has 53 heavy (non-hydrogen) atoms. The minimum atomic E-state index is -0.0388. The molecule has 8 aromatic rings. The van der Waals surface area contributed by atoms with Crippen molar-refractivity contribution in [2.24, 2.45) is 23.7 Å². The minimum Gasteiger partial charge on any atom is -0.228 e. The van der Waals surface area contributed by atoms with Crippen LogP contribution in [0.2, 0.25) is 0 Å². The lowest BCUT2D eigenvalue weighted by atomic mass is 9.43. The van der Waals surface area contributed by atoms with Gasteiger partial charge in [-0.25, -0.2) is 9.97 Å². The first kappa shape index (κ1) is 30.1. The van der Waals surface area contributed by atoms with E-state index in [0.717, 1.165) is 40.2 Å². The highest BCUT2D eigenvalue weighted by atomic mass is 32.1. The molecule has 254 valence electrons. The van der Waals surface area contributed by atoms with Crippen molar-refractivity contribution in [3.8, 4) is 56.2 Å². The molecule has 6 aromatic carbocycles. The summed E-state index contributed by atoms with van der Waals surface area (Å²) in [4.78, 5) is 10.9. The lowest BCUT2D eigenvalue weighted by molar-refractivity contribution is -0.0397. The molecular weight excluding hydrogens is 661 g/mol. The number of aromatic nitrogens is 2. The molecule has 3 heteroatoms. The largest absolute Gasteiger partial charge is 0.228 e. The molecule has 4 saturated carbocycles. The Morgan fingerprint density at radius 3 is 1.79 bits per heavy atom. The van der Waals surface area contributed by atoms with Crippen LogP contribution in [0.1, 0.15) is 43.2 Å². The van der Waals surface area contributed by atoms with Gasteiger partial charge in [0.2, 0.25) is 0 Å². The van der Waals surface area contributed by atoms with Gasteiger partial charge in [0.1, 0.15) is 0 Å². The quantitative estimate of drug-likeness (QED) is 0.183. The Hall–Kier alpha value is -5.38. The third-order valence-electron chi connectivity index (χ3n) is 13.5. The molecule has 4 bridgehead atoms. The van der Waals surface area contributed by atoms with Gasteiger partial charge in [-0.1, -0.05) is 121 Å². The third-order valence-corrected chi connectivity index (χ3v) is 14.6. The number of hydrogen-bond donors (Lipinski definition) is 0. The Morgan fingerprint density at radius 2 is 1.08 bits per heavy atom. The molecule has 5 aliphatic rings. The number of nitrogens with zero attached hydrogens (tertiary/aromatic N) is 2. The van der Waals surface area contributed by atoms with E-state index in [1.165, 1.54) is 85.7 Å². The number of benzene rings is 6. The van der Waals surface area contributed by atoms with Gasteiger partial charge in [-0.3, -0.25) is 0 Å². The second-order valence-corrected chi connectivity index (χ2v) is 17.2. The van der Waals surface area contributed by atoms with Crippen molar-refractivity contribution in [1.29, 1.82) is 0 Å². The molecule has 2 nitrogen and oxygen atoms in total. The first-order chi connectivity index (χ1) is 26.2. The van der Waals surface area contributed by atoms with Gasteiger partial charge in [-0.05, 0) is 113 Å². The van der Waals surface area contributed by atoms with E-state index >= 15 is 0 Å². The summed E-state index contributed by atoms with van der Waals surface area (Å²) in [5.74, 6) is 3.83. The number of rotatable bonds is 4. The fourth-order valence-corrected chi connectivity index (χ4v) is 12.8. The van der Waals surface area contributed by atoms with E-state index in [0.29, 0.717) is 11.8 Å². The van der Waals surface area contributed by atoms with Gasteiger partial charge >= 0.3 is 0 Å². The summed E-state index contributed by atoms with van der Waals surface area (Å²) >= 11 is 1.90. The Bertz CT molecular complexity index is 2660. The highest BCUT2D eigenvalue weighted by molar-refractivity contribution is 7.25. The van der Waals surface area contributed by atoms with Crippen molar-refractivity contribution < 1.29 is 0 Å². The van der Waals surface area contributed by atoms with Crippen molar-refractivity contribution >= 4 is 31.5 Å². The molecule has 0 amide bonds. The lowest BCUT2D eigenvalue weighted by Gasteiger charge is -2.61. The highest BCUT2D eigenvalue weighted by Crippen LogP contribution is 2.71. The Kier molecular flexibility index (Phi) is 6.43. The lowest BCUT2D eigenvalue weighted by Crippen LogP contribution is -2.55. The van der Waals surface area contributed by atoms with Crippen LogP contribution in [0.3, 0.4) is 0 Å². The molecule has 2 heterocycles. The summed E-state index contributed by atoms with van der Waals surface area (Å²) in [7, 11) is 0. The minimum absolute atomic E-state index is 0.0388. The fourth-order valence-electron chi connectivity index (χ4n) is 11.7. The average molecular weight is 699 g/mol. The summed E-state index contributed by atoms with van der Waals surface area (Å²) < 4.78 is 2.71. The molecule has 0 aliphatic heterocycles. The van der Waals surface area contributed by atoms with Crippen LogP contribution in [0.5, 0.6) is 0 Å². The van der Waals surface area contributed by atoms with Crippen molar-refractivity contribution in [3.63, 3.8) is 0 Å². The summed E-state index contributed by atoms with van der Waals surface area (Å²) in [6.07, 6.45) is 6.76. The molecule has 0 atom stereocenters. The predicted octanol–water partition coefficient (Wildman–Crippen LogP) is 13.2. The first-order valence-electron chi connectivity index (χ1n) is 19.4. The van der Waals surface area contributed by atoms with Crippen molar-refractivity contribution in [3.05, 3.63) is 157 Å². The van der Waals surface area contributed by atoms with Gasteiger partial charge in [0.05, 0.1) is 11.4 Å². The van der Waals surface area contributed by atoms with Gasteiger partial charge in [0.15, 0.2) is 5.82 Å². The topological polar surface area (TPSA) is 25.8 Å². The zero-order valence-electron chi connectivity index (χ0n) is 29.5. The maximum Gasteiger partial charge on any atom is 0.160 e. The Balaban J connectivity index is 1.14. The van der Waals surface area contributed by atoms with Gasteiger partial charge in [-0.2, -0.15) is 0 Å². The third kappa shape index (κ3) is 4.32. The maximum atomic E-state index is 5.46. The van der Waals surface area contributed by atoms with Crippen LogP contribution in [0.4, 0.5) is 0 Å². The fraction of sp³-hybridized carbons (Fsp3) is 0.200. The van der Waals surface area contributed by atoms with Crippen LogP contribution < -0.4 is 0 Å². The van der Waals surface area contributed by atoms with Crippen LogP contribution in [0.25, 0.3) is 76.3 Å². The molecule has 0 saturated heterocycles. The molecule has 4 fully saturated rings. The summed E-state index contributed by atoms with van der Waals surface area (Å²) in [6.45, 7) is 0. The second-order valence-electron chi connectivity index (χ2n) is 16.1. The van der Waals surface area contributed by atoms with Crippen LogP contribution in [-0.4, -0.2) is 9.97 Å². The Morgan fingerprint density at radius 1 is 0.472 bits per heavy atom. The number of fused-ring (bicyclic) bond motifs is 6. The zero-order valence-corrected chi connectivity index (χ0v) is 30.3. The second kappa shape index (κ2) is 11.3. The van der Waals surface area contributed by atoms with Crippen LogP contribution >= 0.6 is 11.3 Å². The van der Waals surface area contributed by atoms with Crippen LogP contribution in [0, 0.1) is 23.7 Å². The molecule has 0 N–H and O–H groups in total. The van der Waals surface area contributed by atoms with E-state index in [4.69, 9.17) is 9.97 Å². The molecule has 13 rings (SSSR count). The molecule has 1 spiro atoms. The highest BCUT2D eigenvalue weighted by Gasteiger charge is 2.62. The van der Waals surface area contributed by atoms with Gasteiger partial charge in [0.25, 0.3) is 0 Å². The SMILES string of the molecule is c1ccc(-c2cc(-c3ccccc3)nc(-c3cccc4c3C3(c5cccc(-c6ccc7sc8ccccc8c7c6)c5-4)C4CC5CC(C4)CC3C5)n2)cc1. The van der Waals surface area contributed by atoms with Crippen molar-refractivity contribution in [2.45, 2.75) is 37.5 Å². The molecule has 5 aliphatic carbocycles. The summed E-state index contributed by atoms with van der Waals surface area (Å²) in [6, 6.07) is 53.8. The first-order valence-corrected chi connectivity index (χ1v) is 20.2. The normalized spacial score (nSPS) is 23.5. The van der Waals surface area contributed by atoms with Gasteiger partial charge < -0.3 is 0 Å². The van der Waals surface area contributed by atoms with Gasteiger partial charge in [-0.15, -0.1) is 11.3 Å². The van der Waals surface area contributed by atoms with E-state index in [9.17, 15) is 0 Å². The monoisotopic (exact) mass is 698 g/mol. The molecule has 0 radical (unpaired) electrons. The van der Waals surface area contributed by atoms with E-state index in [1.807, 2.05) is 11.3 Å². The standard InChI is InChI=1S/C50H38N2S/c1-3-11-32(12-4-1)43-29-44(33-13-5-2-6-14-33)52-49(51-43)40-18-9-17-39-47-37(34-21-22-46-41(28-34)38-15-7-8-20-45(38)53-46)16-10-19-42(47)50(48(39)40)35-24-30-23-31(26-35)27-36(50)25-30/h1-22,28-31,35-36H,23-27H2. The average Bonchev–Trinajstić information content (AvgIpc) is 3.74. The van der Waals surface area contributed by atoms with E-state index in [1.54, 1.807) is 5.56 Å². The smallest absolute Gasteiger partial charge is 0.160 e.